The van der Waals surface area contributed by atoms with Gasteiger partial charge in [0, 0.05) is 4.88 Å². The van der Waals surface area contributed by atoms with Gasteiger partial charge in [-0.2, -0.15) is 26.3 Å². The van der Waals surface area contributed by atoms with Gasteiger partial charge >= 0.3 is 12.4 Å². The largest absolute Gasteiger partial charge is 0.425 e. The van der Waals surface area contributed by atoms with Crippen LogP contribution >= 0.6 is 11.3 Å². The van der Waals surface area contributed by atoms with Crippen LogP contribution in [0.4, 0.5) is 26.3 Å². The fraction of sp³-hybridized carbons (Fsp3) is 0.429. The zero-order chi connectivity index (χ0) is 11.9. The highest BCUT2D eigenvalue weighted by Crippen LogP contribution is 2.40. The normalized spacial score (nSPS) is 15.4. The van der Waals surface area contributed by atoms with Gasteiger partial charge in [-0.1, -0.05) is 0 Å². The van der Waals surface area contributed by atoms with E-state index in [-0.39, 0.29) is 11.3 Å². The van der Waals surface area contributed by atoms with Crippen molar-refractivity contribution < 1.29 is 31.4 Å². The summed E-state index contributed by atoms with van der Waals surface area (Å²) >= 11 is -0.120. The lowest BCUT2D eigenvalue weighted by Crippen LogP contribution is -2.19. The molecule has 1 unspecified atom stereocenters. The summed E-state index contributed by atoms with van der Waals surface area (Å²) in [5, 5.41) is 8.65. The van der Waals surface area contributed by atoms with E-state index in [2.05, 4.69) is 0 Å². The molecule has 0 bridgehead atoms. The van der Waals surface area contributed by atoms with Crippen molar-refractivity contribution in [3.63, 3.8) is 0 Å². The van der Waals surface area contributed by atoms with Gasteiger partial charge in [-0.3, -0.25) is 0 Å². The molecule has 0 fully saturated rings. The van der Waals surface area contributed by atoms with Gasteiger partial charge in [0.2, 0.25) is 0 Å². The molecule has 0 amide bonds. The summed E-state index contributed by atoms with van der Waals surface area (Å²) in [6.07, 6.45) is -12.5. The van der Waals surface area contributed by atoms with Crippen LogP contribution in [-0.4, -0.2) is 11.3 Å². The quantitative estimate of drug-likeness (QED) is 0.758. The fourth-order valence-electron chi connectivity index (χ4n) is 0.813. The molecular formula is C7H4F6OS. The van der Waals surface area contributed by atoms with Crippen molar-refractivity contribution in [2.24, 2.45) is 0 Å². The van der Waals surface area contributed by atoms with Crippen molar-refractivity contribution in [1.82, 2.24) is 0 Å². The zero-order valence-corrected chi connectivity index (χ0v) is 7.67. The third-order valence-corrected chi connectivity index (χ3v) is 2.67. The SMILES string of the molecule is OC(c1ccc(C(F)(F)F)s1)C(F)(F)F. The predicted molar refractivity (Wildman–Crippen MR) is 40.3 cm³/mol. The Morgan fingerprint density at radius 2 is 1.60 bits per heavy atom. The van der Waals surface area contributed by atoms with Gasteiger partial charge < -0.3 is 5.11 Å². The van der Waals surface area contributed by atoms with Crippen LogP contribution in [0.1, 0.15) is 15.9 Å². The second-order valence-corrected chi connectivity index (χ2v) is 3.76. The van der Waals surface area contributed by atoms with E-state index < -0.39 is 28.2 Å². The Morgan fingerprint density at radius 1 is 1.07 bits per heavy atom. The van der Waals surface area contributed by atoms with E-state index in [4.69, 9.17) is 5.11 Å². The Bertz CT molecular complexity index is 338. The van der Waals surface area contributed by atoms with E-state index >= 15 is 0 Å². The van der Waals surface area contributed by atoms with Gasteiger partial charge in [-0.25, -0.2) is 0 Å². The number of alkyl halides is 6. The van der Waals surface area contributed by atoms with E-state index in [0.717, 1.165) is 0 Å². The second-order valence-electron chi connectivity index (χ2n) is 2.64. The predicted octanol–water partition coefficient (Wildman–Crippen LogP) is 3.36. The Kier molecular flexibility index (Phi) is 3.01. The summed E-state index contributed by atoms with van der Waals surface area (Å²) in [6.45, 7) is 0. The van der Waals surface area contributed by atoms with Crippen LogP contribution in [0.5, 0.6) is 0 Å². The van der Waals surface area contributed by atoms with Crippen molar-refractivity contribution in [2.45, 2.75) is 18.5 Å². The molecule has 8 heteroatoms. The number of halogens is 6. The van der Waals surface area contributed by atoms with Gasteiger partial charge in [-0.05, 0) is 12.1 Å². The average molecular weight is 250 g/mol. The minimum Gasteiger partial charge on any atom is -0.379 e. The van der Waals surface area contributed by atoms with Gasteiger partial charge in [0.25, 0.3) is 0 Å². The monoisotopic (exact) mass is 250 g/mol. The topological polar surface area (TPSA) is 20.2 Å². The van der Waals surface area contributed by atoms with Crippen LogP contribution in [-0.2, 0) is 6.18 Å². The molecule has 1 rings (SSSR count). The molecule has 0 saturated heterocycles. The van der Waals surface area contributed by atoms with Crippen LogP contribution in [0, 0.1) is 0 Å². The van der Waals surface area contributed by atoms with Gasteiger partial charge in [-0.15, -0.1) is 11.3 Å². The Balaban J connectivity index is 2.95. The van der Waals surface area contributed by atoms with Crippen molar-refractivity contribution >= 4 is 11.3 Å². The highest BCUT2D eigenvalue weighted by Gasteiger charge is 2.42. The summed E-state index contributed by atoms with van der Waals surface area (Å²) in [5.74, 6) is 0. The van der Waals surface area contributed by atoms with Crippen LogP contribution in [0.25, 0.3) is 0 Å². The molecule has 86 valence electrons. The minimum absolute atomic E-state index is 0.120. The molecule has 0 aliphatic rings. The molecule has 0 radical (unpaired) electrons. The number of hydrogen-bond acceptors (Lipinski definition) is 2. The first-order valence-corrected chi connectivity index (χ1v) is 4.35. The molecule has 0 aromatic carbocycles. The lowest BCUT2D eigenvalue weighted by Gasteiger charge is -2.12. The second kappa shape index (κ2) is 3.67. The zero-order valence-electron chi connectivity index (χ0n) is 6.86. The molecule has 0 aliphatic heterocycles. The van der Waals surface area contributed by atoms with Crippen molar-refractivity contribution in [2.75, 3.05) is 0 Å². The van der Waals surface area contributed by atoms with Crippen LogP contribution in [0.15, 0.2) is 12.1 Å². The van der Waals surface area contributed by atoms with Gasteiger partial charge in [0.05, 0.1) is 0 Å². The summed E-state index contributed by atoms with van der Waals surface area (Å²) in [7, 11) is 0. The number of hydrogen-bond donors (Lipinski definition) is 1. The first-order chi connectivity index (χ1) is 6.62. The molecule has 1 aromatic heterocycles. The Hall–Kier alpha value is -0.760. The fourth-order valence-corrected chi connectivity index (χ4v) is 1.70. The smallest absolute Gasteiger partial charge is 0.379 e. The number of thiophene rings is 1. The van der Waals surface area contributed by atoms with E-state index in [1.807, 2.05) is 0 Å². The molecule has 1 nitrogen and oxygen atoms in total. The van der Waals surface area contributed by atoms with Crippen molar-refractivity contribution in [3.05, 3.63) is 21.9 Å². The van der Waals surface area contributed by atoms with Crippen LogP contribution in [0.2, 0.25) is 0 Å². The Morgan fingerprint density at radius 3 is 1.93 bits per heavy atom. The van der Waals surface area contributed by atoms with Crippen LogP contribution in [0.3, 0.4) is 0 Å². The molecule has 0 aliphatic carbocycles. The highest BCUT2D eigenvalue weighted by molar-refractivity contribution is 7.12. The first-order valence-electron chi connectivity index (χ1n) is 3.54. The Labute approximate surface area is 84.0 Å². The summed E-state index contributed by atoms with van der Waals surface area (Å²) in [5.41, 5.74) is 0. The maximum atomic E-state index is 12.0. The van der Waals surface area contributed by atoms with E-state index in [0.29, 0.717) is 12.1 Å². The third-order valence-electron chi connectivity index (χ3n) is 1.49. The molecule has 1 aromatic rings. The highest BCUT2D eigenvalue weighted by atomic mass is 32.1. The average Bonchev–Trinajstić information content (AvgIpc) is 2.47. The molecule has 15 heavy (non-hydrogen) atoms. The van der Waals surface area contributed by atoms with E-state index in [1.165, 1.54) is 0 Å². The lowest BCUT2D eigenvalue weighted by atomic mass is 10.3. The summed E-state index contributed by atoms with van der Waals surface area (Å²) < 4.78 is 71.8. The molecule has 0 saturated carbocycles. The van der Waals surface area contributed by atoms with E-state index in [1.54, 1.807) is 0 Å². The van der Waals surface area contributed by atoms with Gasteiger partial charge in [0.15, 0.2) is 6.10 Å². The molecule has 1 atom stereocenters. The molecular weight excluding hydrogens is 246 g/mol. The number of aliphatic hydroxyl groups excluding tert-OH is 1. The van der Waals surface area contributed by atoms with Crippen molar-refractivity contribution in [1.29, 1.82) is 0 Å². The number of aliphatic hydroxyl groups is 1. The summed E-state index contributed by atoms with van der Waals surface area (Å²) in [6, 6.07) is 1.13. The lowest BCUT2D eigenvalue weighted by molar-refractivity contribution is -0.205. The standard InChI is InChI=1S/C7H4F6OS/c8-6(9,10)4-2-1-3(15-4)5(14)7(11,12)13/h1-2,5,14H. The van der Waals surface area contributed by atoms with E-state index in [9.17, 15) is 26.3 Å². The van der Waals surface area contributed by atoms with Crippen molar-refractivity contribution in [3.8, 4) is 0 Å². The maximum absolute atomic E-state index is 12.0. The minimum atomic E-state index is -4.95. The van der Waals surface area contributed by atoms with Gasteiger partial charge in [0.1, 0.15) is 4.88 Å². The number of rotatable bonds is 1. The molecule has 0 spiro atoms. The summed E-state index contributed by atoms with van der Waals surface area (Å²) in [4.78, 5) is -1.93. The maximum Gasteiger partial charge on any atom is 0.425 e. The molecule has 1 heterocycles. The third kappa shape index (κ3) is 2.85. The molecule has 1 N–H and O–H groups in total. The first kappa shape index (κ1) is 12.3. The van der Waals surface area contributed by atoms with Crippen LogP contribution < -0.4 is 0 Å².